The van der Waals surface area contributed by atoms with E-state index >= 15 is 0 Å². The van der Waals surface area contributed by atoms with Crippen LogP contribution in [0.15, 0.2) is 71.7 Å². The molecule has 0 aliphatic heterocycles. The number of anilines is 1. The fourth-order valence-corrected chi connectivity index (χ4v) is 5.53. The number of carbonyl (C=O) groups excluding carboxylic acids is 1. The highest BCUT2D eigenvalue weighted by molar-refractivity contribution is 6.09. The van der Waals surface area contributed by atoms with E-state index in [4.69, 9.17) is 26.5 Å². The predicted octanol–water partition coefficient (Wildman–Crippen LogP) is 5.43. The van der Waals surface area contributed by atoms with Gasteiger partial charge in [0.05, 0.1) is 18.8 Å². The van der Waals surface area contributed by atoms with Gasteiger partial charge in [-0.25, -0.2) is 10.6 Å². The van der Waals surface area contributed by atoms with Crippen LogP contribution in [0, 0.1) is 23.2 Å². The molecule has 2 saturated carbocycles. The minimum Gasteiger partial charge on any atom is -0.490 e. The van der Waals surface area contributed by atoms with Gasteiger partial charge in [-0.1, -0.05) is 43.5 Å². The van der Waals surface area contributed by atoms with Gasteiger partial charge in [0.15, 0.2) is 0 Å². The Bertz CT molecular complexity index is 1230. The van der Waals surface area contributed by atoms with Crippen LogP contribution in [0.4, 0.5) is 5.69 Å². The Morgan fingerprint density at radius 2 is 1.79 bits per heavy atom. The number of hydrogen-bond acceptors (Lipinski definition) is 8. The van der Waals surface area contributed by atoms with Gasteiger partial charge < -0.3 is 30.9 Å². The van der Waals surface area contributed by atoms with Gasteiger partial charge in [0.1, 0.15) is 5.75 Å². The second kappa shape index (κ2) is 12.8. The number of allylic oxidation sites excluding steroid dienone is 2. The molecule has 8 nitrogen and oxygen atoms in total. The minimum absolute atomic E-state index is 0.0151. The SMILES string of the molecule is COC(=O)/C(C=N)=C(/Nc1cccc(-c2cccc(OC(C)C3CCCCC3)c2)c1)[C@@H]1CC1/C(N)=C/N(C)N. The van der Waals surface area contributed by atoms with Crippen molar-refractivity contribution < 1.29 is 14.3 Å². The topological polar surface area (TPSA) is 127 Å². The summed E-state index contributed by atoms with van der Waals surface area (Å²) in [4.78, 5) is 12.5. The number of benzene rings is 2. The van der Waals surface area contributed by atoms with E-state index in [-0.39, 0.29) is 23.5 Å². The highest BCUT2D eigenvalue weighted by Gasteiger charge is 2.44. The summed E-state index contributed by atoms with van der Waals surface area (Å²) >= 11 is 0. The van der Waals surface area contributed by atoms with Crippen LogP contribution in [0.25, 0.3) is 11.1 Å². The van der Waals surface area contributed by atoms with Gasteiger partial charge in [-0.05, 0) is 67.5 Å². The zero-order valence-electron chi connectivity index (χ0n) is 23.2. The zero-order valence-corrected chi connectivity index (χ0v) is 23.2. The number of nitrogens with two attached hydrogens (primary N) is 2. The number of rotatable bonds is 11. The summed E-state index contributed by atoms with van der Waals surface area (Å²) in [6.07, 6.45) is 10.0. The predicted molar refractivity (Wildman–Crippen MR) is 156 cm³/mol. The molecule has 2 aromatic carbocycles. The van der Waals surface area contributed by atoms with Crippen molar-refractivity contribution in [1.29, 1.82) is 5.41 Å². The molecule has 2 aromatic rings. The molecule has 39 heavy (non-hydrogen) atoms. The van der Waals surface area contributed by atoms with Crippen LogP contribution in [0.2, 0.25) is 0 Å². The summed E-state index contributed by atoms with van der Waals surface area (Å²) < 4.78 is 11.3. The quantitative estimate of drug-likeness (QED) is 0.100. The van der Waals surface area contributed by atoms with E-state index in [9.17, 15) is 4.79 Å². The summed E-state index contributed by atoms with van der Waals surface area (Å²) in [6, 6.07) is 16.2. The van der Waals surface area contributed by atoms with Crippen molar-refractivity contribution in [2.45, 2.75) is 51.6 Å². The molecule has 2 unspecified atom stereocenters. The summed E-state index contributed by atoms with van der Waals surface area (Å²) in [5, 5.41) is 12.7. The Kier molecular flexibility index (Phi) is 9.30. The molecule has 0 aromatic heterocycles. The van der Waals surface area contributed by atoms with Crippen LogP contribution < -0.4 is 21.6 Å². The second-order valence-electron chi connectivity index (χ2n) is 10.7. The summed E-state index contributed by atoms with van der Waals surface area (Å²) in [5.41, 5.74) is 10.5. The van der Waals surface area contributed by atoms with Gasteiger partial charge in [-0.2, -0.15) is 0 Å². The maximum Gasteiger partial charge on any atom is 0.341 e. The van der Waals surface area contributed by atoms with E-state index in [2.05, 4.69) is 24.4 Å². The minimum atomic E-state index is -0.565. The van der Waals surface area contributed by atoms with Gasteiger partial charge in [0.25, 0.3) is 0 Å². The Balaban J connectivity index is 1.56. The molecule has 4 rings (SSSR count). The molecule has 0 spiro atoms. The van der Waals surface area contributed by atoms with Crippen molar-refractivity contribution in [3.05, 3.63) is 71.7 Å². The highest BCUT2D eigenvalue weighted by atomic mass is 16.5. The van der Waals surface area contributed by atoms with Crippen molar-refractivity contribution >= 4 is 17.9 Å². The lowest BCUT2D eigenvalue weighted by molar-refractivity contribution is -0.135. The van der Waals surface area contributed by atoms with Gasteiger partial charge in [-0.15, -0.1) is 0 Å². The standard InChI is InChI=1S/C31H41N5O3/c1-20(21-9-5-4-6-10-21)39-25-14-8-12-23(16-25)22-11-7-13-24(15-22)35-30(28(18-32)31(37)38-3)27-17-26(27)29(33)19-36(2)34/h7-8,11-16,18-21,26-27,32,35H,4-6,9-10,17,33-34H2,1-3H3/b29-19-,30-28+,32-18?/t20?,26?,27-/m1/s1. The van der Waals surface area contributed by atoms with Gasteiger partial charge in [0.2, 0.25) is 0 Å². The monoisotopic (exact) mass is 531 g/mol. The van der Waals surface area contributed by atoms with E-state index in [0.29, 0.717) is 17.3 Å². The molecule has 2 fully saturated rings. The average Bonchev–Trinajstić information content (AvgIpc) is 3.74. The van der Waals surface area contributed by atoms with Crippen LogP contribution in [-0.4, -0.2) is 37.5 Å². The molecule has 208 valence electrons. The van der Waals surface area contributed by atoms with Gasteiger partial charge in [-0.3, -0.25) is 0 Å². The van der Waals surface area contributed by atoms with Crippen molar-refractivity contribution in [1.82, 2.24) is 5.01 Å². The zero-order chi connectivity index (χ0) is 27.9. The number of ether oxygens (including phenoxy) is 2. The number of methoxy groups -OCH3 is 1. The number of hydrogen-bond donors (Lipinski definition) is 4. The third kappa shape index (κ3) is 7.20. The largest absolute Gasteiger partial charge is 0.490 e. The number of nitrogens with one attached hydrogen (secondary N) is 2. The van der Waals surface area contributed by atoms with Crippen LogP contribution in [0.1, 0.15) is 45.4 Å². The number of carbonyl (C=O) groups is 1. The highest BCUT2D eigenvalue weighted by Crippen LogP contribution is 2.48. The molecular weight excluding hydrogens is 490 g/mol. The Morgan fingerprint density at radius 1 is 1.10 bits per heavy atom. The molecule has 0 heterocycles. The molecule has 0 amide bonds. The van der Waals surface area contributed by atoms with E-state index in [1.165, 1.54) is 44.2 Å². The molecular formula is C31H41N5O3. The average molecular weight is 532 g/mol. The number of esters is 1. The third-order valence-electron chi connectivity index (χ3n) is 7.73. The van der Waals surface area contributed by atoms with Crippen LogP contribution >= 0.6 is 0 Å². The lowest BCUT2D eigenvalue weighted by atomic mass is 9.86. The van der Waals surface area contributed by atoms with Crippen molar-refractivity contribution in [3.8, 4) is 16.9 Å². The molecule has 0 bridgehead atoms. The molecule has 6 N–H and O–H groups in total. The summed E-state index contributed by atoms with van der Waals surface area (Å²) in [7, 11) is 3.02. The fraction of sp³-hybridized carbons (Fsp3) is 0.419. The van der Waals surface area contributed by atoms with E-state index in [0.717, 1.165) is 35.2 Å². The Labute approximate surface area is 231 Å². The lowest BCUT2D eigenvalue weighted by Gasteiger charge is -2.28. The molecule has 0 saturated heterocycles. The van der Waals surface area contributed by atoms with E-state index in [1.807, 2.05) is 36.4 Å². The van der Waals surface area contributed by atoms with Crippen LogP contribution in [0.3, 0.4) is 0 Å². The first-order valence-electron chi connectivity index (χ1n) is 13.7. The first kappa shape index (κ1) is 28.2. The van der Waals surface area contributed by atoms with E-state index in [1.54, 1.807) is 13.2 Å². The molecule has 0 radical (unpaired) electrons. The van der Waals surface area contributed by atoms with Crippen molar-refractivity contribution in [2.24, 2.45) is 29.3 Å². The van der Waals surface area contributed by atoms with E-state index < -0.39 is 5.97 Å². The van der Waals surface area contributed by atoms with Gasteiger partial charge in [0, 0.05) is 48.4 Å². The molecule has 8 heteroatoms. The first-order valence-corrected chi connectivity index (χ1v) is 13.7. The van der Waals surface area contributed by atoms with Crippen LogP contribution in [-0.2, 0) is 9.53 Å². The maximum atomic E-state index is 12.5. The third-order valence-corrected chi connectivity index (χ3v) is 7.73. The number of nitrogens with zero attached hydrogens (tertiary/aromatic N) is 1. The molecule has 2 aliphatic rings. The fourth-order valence-electron chi connectivity index (χ4n) is 5.53. The van der Waals surface area contributed by atoms with Crippen molar-refractivity contribution in [2.75, 3.05) is 19.5 Å². The molecule has 3 atom stereocenters. The Hall–Kier alpha value is -3.78. The maximum absolute atomic E-state index is 12.5. The smallest absolute Gasteiger partial charge is 0.341 e. The summed E-state index contributed by atoms with van der Waals surface area (Å²) in [5.74, 6) is 6.61. The van der Waals surface area contributed by atoms with Gasteiger partial charge >= 0.3 is 5.97 Å². The Morgan fingerprint density at radius 3 is 2.46 bits per heavy atom. The second-order valence-corrected chi connectivity index (χ2v) is 10.7. The normalized spacial score (nSPS) is 20.9. The molecule has 2 aliphatic carbocycles. The lowest BCUT2D eigenvalue weighted by Crippen LogP contribution is -2.25. The number of hydrazine groups is 1. The van der Waals surface area contributed by atoms with Crippen LogP contribution in [0.5, 0.6) is 5.75 Å². The van der Waals surface area contributed by atoms with Crippen molar-refractivity contribution in [3.63, 3.8) is 0 Å². The summed E-state index contributed by atoms with van der Waals surface area (Å²) in [6.45, 7) is 2.18. The first-order chi connectivity index (χ1) is 18.8.